The van der Waals surface area contributed by atoms with Gasteiger partial charge in [0.2, 0.25) is 15.9 Å². The Morgan fingerprint density at radius 1 is 1.16 bits per heavy atom. The van der Waals surface area contributed by atoms with Crippen LogP contribution in [0.1, 0.15) is 16.8 Å². The van der Waals surface area contributed by atoms with E-state index in [0.29, 0.717) is 18.4 Å². The van der Waals surface area contributed by atoms with Gasteiger partial charge < -0.3 is 0 Å². The summed E-state index contributed by atoms with van der Waals surface area (Å²) in [7, 11) is -2.37. The molecule has 0 spiro atoms. The number of anilines is 1. The first-order valence-electron chi connectivity index (χ1n) is 9.39. The Morgan fingerprint density at radius 2 is 1.87 bits per heavy atom. The zero-order valence-electron chi connectivity index (χ0n) is 16.7. The number of benzene rings is 2. The lowest BCUT2D eigenvalue weighted by atomic mass is 10.00. The van der Waals surface area contributed by atoms with Crippen LogP contribution in [-0.4, -0.2) is 26.4 Å². The van der Waals surface area contributed by atoms with Crippen LogP contribution in [0.5, 0.6) is 0 Å². The highest BCUT2D eigenvalue weighted by Gasteiger charge is 2.32. The van der Waals surface area contributed by atoms with E-state index < -0.39 is 21.7 Å². The molecule has 2 aromatic carbocycles. The summed E-state index contributed by atoms with van der Waals surface area (Å²) in [6.07, 6.45) is 0.937. The first-order valence-corrected chi connectivity index (χ1v) is 11.8. The van der Waals surface area contributed by atoms with E-state index in [1.165, 1.54) is 11.8 Å². The van der Waals surface area contributed by atoms with Crippen molar-refractivity contribution in [3.05, 3.63) is 64.9 Å². The summed E-state index contributed by atoms with van der Waals surface area (Å²) < 4.78 is 50.9. The lowest BCUT2D eigenvalue weighted by Crippen LogP contribution is -2.33. The number of carbonyl (C=O) groups excluding carboxylic acids is 1. The van der Waals surface area contributed by atoms with Crippen molar-refractivity contribution >= 4 is 32.4 Å². The predicted molar refractivity (Wildman–Crippen MR) is 114 cm³/mol. The minimum Gasteiger partial charge on any atom is -0.291 e. The number of amides is 1. The van der Waals surface area contributed by atoms with Crippen LogP contribution in [0.2, 0.25) is 0 Å². The third-order valence-corrected chi connectivity index (χ3v) is 8.13. The lowest BCUT2D eigenvalue weighted by Gasteiger charge is -2.18. The third kappa shape index (κ3) is 4.10. The molecule has 3 aromatic rings. The van der Waals surface area contributed by atoms with Crippen LogP contribution in [0.15, 0.2) is 40.6 Å². The number of aromatic nitrogens is 1. The van der Waals surface area contributed by atoms with Crippen molar-refractivity contribution in [1.29, 1.82) is 0 Å². The molecule has 0 fully saturated rings. The van der Waals surface area contributed by atoms with E-state index in [9.17, 15) is 22.0 Å². The van der Waals surface area contributed by atoms with Gasteiger partial charge in [0.15, 0.2) is 9.34 Å². The summed E-state index contributed by atoms with van der Waals surface area (Å²) in [5.74, 6) is -1.61. The van der Waals surface area contributed by atoms with Gasteiger partial charge in [-0.05, 0) is 54.7 Å². The monoisotopic (exact) mass is 463 g/mol. The summed E-state index contributed by atoms with van der Waals surface area (Å²) in [5, 5.41) is 5.45. The summed E-state index contributed by atoms with van der Waals surface area (Å²) >= 11 is 0.852. The number of nitrogens with two attached hydrogens (primary N) is 1. The third-order valence-electron chi connectivity index (χ3n) is 5.35. The molecule has 2 N–H and O–H groups in total. The van der Waals surface area contributed by atoms with Crippen LogP contribution in [0.4, 0.5) is 13.9 Å². The maximum Gasteiger partial charge on any atom is 0.249 e. The highest BCUT2D eigenvalue weighted by Crippen LogP contribution is 2.35. The quantitative estimate of drug-likeness (QED) is 0.642. The molecular weight excluding hydrogens is 444 g/mol. The zero-order chi connectivity index (χ0) is 22.5. The molecule has 1 amide bonds. The van der Waals surface area contributed by atoms with Gasteiger partial charge in [-0.2, -0.15) is 0 Å². The summed E-state index contributed by atoms with van der Waals surface area (Å²) in [4.78, 5) is 18.6. The van der Waals surface area contributed by atoms with Gasteiger partial charge in [-0.1, -0.05) is 29.5 Å². The number of primary sulfonamides is 1. The van der Waals surface area contributed by atoms with Gasteiger partial charge >= 0.3 is 0 Å². The van der Waals surface area contributed by atoms with Gasteiger partial charge in [-0.25, -0.2) is 27.3 Å². The fraction of sp³-hybridized carbons (Fsp3) is 0.238. The fourth-order valence-corrected chi connectivity index (χ4v) is 5.74. The number of nitrogens with zero attached hydrogens (tertiary/aromatic N) is 2. The van der Waals surface area contributed by atoms with Crippen molar-refractivity contribution in [2.45, 2.75) is 24.0 Å². The van der Waals surface area contributed by atoms with Crippen molar-refractivity contribution in [1.82, 2.24) is 4.98 Å². The summed E-state index contributed by atoms with van der Waals surface area (Å²) in [6.45, 7) is 1.52. The Labute approximate surface area is 182 Å². The SMILES string of the molecule is Cc1nc(N(C)C(=O)[C@H]2Cc3ccc(-c4cc(F)ccc4F)cc3C2)sc1S(N)(=O)=O. The normalized spacial score (nSPS) is 15.7. The summed E-state index contributed by atoms with van der Waals surface area (Å²) in [6, 6.07) is 8.64. The molecule has 0 saturated heterocycles. The first kappa shape index (κ1) is 21.5. The number of fused-ring (bicyclic) bond motifs is 1. The second kappa shape index (κ2) is 7.77. The molecule has 1 aliphatic rings. The number of thiazole rings is 1. The van der Waals surface area contributed by atoms with Gasteiger partial charge in [0.25, 0.3) is 0 Å². The smallest absolute Gasteiger partial charge is 0.249 e. The van der Waals surface area contributed by atoms with Crippen molar-refractivity contribution in [2.24, 2.45) is 11.1 Å². The van der Waals surface area contributed by atoms with Gasteiger partial charge in [0.1, 0.15) is 11.6 Å². The number of aryl methyl sites for hydroxylation is 1. The molecule has 162 valence electrons. The molecule has 0 aliphatic heterocycles. The minimum atomic E-state index is -3.91. The van der Waals surface area contributed by atoms with Crippen LogP contribution in [0.3, 0.4) is 0 Å². The molecule has 0 bridgehead atoms. The van der Waals surface area contributed by atoms with E-state index in [1.807, 2.05) is 6.07 Å². The topological polar surface area (TPSA) is 93.4 Å². The Bertz CT molecular complexity index is 1310. The van der Waals surface area contributed by atoms with Crippen molar-refractivity contribution in [3.63, 3.8) is 0 Å². The standard InChI is InChI=1S/C21H19F2N3O3S2/c1-11-20(31(24,28)29)30-21(25-11)26(2)19(27)15-7-12-3-4-13(8-14(12)9-15)17-10-16(22)5-6-18(17)23/h3-6,8,10,15H,7,9H2,1-2H3,(H2,24,28,29)/t15-/m0/s1. The van der Waals surface area contributed by atoms with Crippen LogP contribution >= 0.6 is 11.3 Å². The van der Waals surface area contributed by atoms with Crippen molar-refractivity contribution < 1.29 is 22.0 Å². The maximum atomic E-state index is 14.1. The number of hydrogen-bond acceptors (Lipinski definition) is 5. The average molecular weight is 464 g/mol. The molecule has 1 aliphatic carbocycles. The molecule has 6 nitrogen and oxygen atoms in total. The molecule has 10 heteroatoms. The molecule has 1 aromatic heterocycles. The zero-order valence-corrected chi connectivity index (χ0v) is 18.4. The van der Waals surface area contributed by atoms with E-state index in [-0.39, 0.29) is 32.4 Å². The second-order valence-electron chi connectivity index (χ2n) is 7.52. The van der Waals surface area contributed by atoms with Gasteiger partial charge in [-0.15, -0.1) is 0 Å². The number of hydrogen-bond donors (Lipinski definition) is 1. The van der Waals surface area contributed by atoms with Crippen LogP contribution in [0.25, 0.3) is 11.1 Å². The van der Waals surface area contributed by atoms with Crippen LogP contribution < -0.4 is 10.0 Å². The molecule has 0 radical (unpaired) electrons. The van der Waals surface area contributed by atoms with Gasteiger partial charge in [0, 0.05) is 18.5 Å². The average Bonchev–Trinajstić information content (AvgIpc) is 3.31. The Hall–Kier alpha value is -2.69. The number of sulfonamides is 1. The van der Waals surface area contributed by atoms with Gasteiger partial charge in [-0.3, -0.25) is 9.69 Å². The van der Waals surface area contributed by atoms with Gasteiger partial charge in [0.05, 0.1) is 5.69 Å². The van der Waals surface area contributed by atoms with E-state index >= 15 is 0 Å². The second-order valence-corrected chi connectivity index (χ2v) is 10.3. The molecule has 31 heavy (non-hydrogen) atoms. The Kier molecular flexibility index (Phi) is 5.40. The Morgan fingerprint density at radius 3 is 2.55 bits per heavy atom. The maximum absolute atomic E-state index is 14.1. The fourth-order valence-electron chi connectivity index (χ4n) is 3.82. The van der Waals surface area contributed by atoms with E-state index in [1.54, 1.807) is 19.2 Å². The highest BCUT2D eigenvalue weighted by atomic mass is 32.2. The first-order chi connectivity index (χ1) is 14.5. The van der Waals surface area contributed by atoms with Crippen molar-refractivity contribution in [2.75, 3.05) is 11.9 Å². The summed E-state index contributed by atoms with van der Waals surface area (Å²) in [5.41, 5.74) is 2.83. The van der Waals surface area contributed by atoms with E-state index in [2.05, 4.69) is 4.98 Å². The minimum absolute atomic E-state index is 0.0707. The van der Waals surface area contributed by atoms with E-state index in [0.717, 1.165) is 40.7 Å². The van der Waals surface area contributed by atoms with E-state index in [4.69, 9.17) is 5.14 Å². The highest BCUT2D eigenvalue weighted by molar-refractivity contribution is 7.91. The number of rotatable bonds is 4. The van der Waals surface area contributed by atoms with Crippen molar-refractivity contribution in [3.8, 4) is 11.1 Å². The molecule has 1 heterocycles. The molecule has 0 unspecified atom stereocenters. The molecule has 1 atom stereocenters. The number of halogens is 2. The molecule has 0 saturated carbocycles. The predicted octanol–water partition coefficient (Wildman–Crippen LogP) is 3.42. The number of carbonyl (C=O) groups is 1. The van der Waals surface area contributed by atoms with Crippen LogP contribution in [0, 0.1) is 24.5 Å². The lowest BCUT2D eigenvalue weighted by molar-refractivity contribution is -0.121. The molecular formula is C21H19F2N3O3S2. The largest absolute Gasteiger partial charge is 0.291 e. The Balaban J connectivity index is 1.56. The molecule has 4 rings (SSSR count). The van der Waals surface area contributed by atoms with Crippen LogP contribution in [-0.2, 0) is 27.7 Å².